The maximum absolute atomic E-state index is 12.0. The molecule has 1 unspecified atom stereocenters. The minimum absolute atomic E-state index is 0.0919. The van der Waals surface area contributed by atoms with Crippen LogP contribution in [0.1, 0.15) is 39.5 Å². The van der Waals surface area contributed by atoms with Gasteiger partial charge in [-0.15, -0.1) is 0 Å². The molecule has 1 rings (SSSR count). The summed E-state index contributed by atoms with van der Waals surface area (Å²) in [6, 6.07) is 0.254. The standard InChI is InChI=1S/C13H24N2O4/c1-3-7-15(10-5-6-10)13(18)14-9-11(19-4-2)8-12(16)17/h10-11H,3-9H2,1-2H3,(H,14,18)(H,16,17). The van der Waals surface area contributed by atoms with Crippen molar-refractivity contribution in [2.75, 3.05) is 19.7 Å². The number of rotatable bonds is 9. The van der Waals surface area contributed by atoms with Crippen LogP contribution in [0.5, 0.6) is 0 Å². The zero-order chi connectivity index (χ0) is 14.3. The van der Waals surface area contributed by atoms with Gasteiger partial charge in [0, 0.05) is 25.7 Å². The number of hydrogen-bond acceptors (Lipinski definition) is 3. The van der Waals surface area contributed by atoms with Gasteiger partial charge in [0.15, 0.2) is 0 Å². The van der Waals surface area contributed by atoms with Crippen LogP contribution in [0.25, 0.3) is 0 Å². The molecule has 19 heavy (non-hydrogen) atoms. The predicted octanol–water partition coefficient (Wildman–Crippen LogP) is 1.45. The quantitative estimate of drug-likeness (QED) is 0.666. The second-order valence-corrected chi connectivity index (χ2v) is 4.79. The Morgan fingerprint density at radius 3 is 2.58 bits per heavy atom. The van der Waals surface area contributed by atoms with E-state index >= 15 is 0 Å². The van der Waals surface area contributed by atoms with Crippen LogP contribution >= 0.6 is 0 Å². The fourth-order valence-corrected chi connectivity index (χ4v) is 2.00. The Morgan fingerprint density at radius 2 is 2.11 bits per heavy atom. The van der Waals surface area contributed by atoms with Gasteiger partial charge in [0.2, 0.25) is 0 Å². The van der Waals surface area contributed by atoms with Crippen LogP contribution in [0.15, 0.2) is 0 Å². The SMILES string of the molecule is CCCN(C(=O)NCC(CC(=O)O)OCC)C1CC1. The monoisotopic (exact) mass is 272 g/mol. The highest BCUT2D eigenvalue weighted by Crippen LogP contribution is 2.26. The Hall–Kier alpha value is -1.30. The number of hydrogen-bond donors (Lipinski definition) is 2. The van der Waals surface area contributed by atoms with Crippen LogP contribution in [-0.4, -0.2) is 53.8 Å². The number of carbonyl (C=O) groups excluding carboxylic acids is 1. The molecule has 1 atom stereocenters. The Balaban J connectivity index is 2.38. The average molecular weight is 272 g/mol. The van der Waals surface area contributed by atoms with Gasteiger partial charge < -0.3 is 20.1 Å². The Kier molecular flexibility index (Phi) is 6.62. The van der Waals surface area contributed by atoms with Gasteiger partial charge in [-0.05, 0) is 26.2 Å². The summed E-state index contributed by atoms with van der Waals surface area (Å²) in [5, 5.41) is 11.5. The Labute approximate surface area is 114 Å². The van der Waals surface area contributed by atoms with E-state index in [4.69, 9.17) is 9.84 Å². The molecule has 0 radical (unpaired) electrons. The highest BCUT2D eigenvalue weighted by molar-refractivity contribution is 5.75. The highest BCUT2D eigenvalue weighted by atomic mass is 16.5. The number of carboxylic acids is 1. The number of aliphatic carboxylic acids is 1. The molecule has 1 saturated carbocycles. The van der Waals surface area contributed by atoms with Crippen molar-refractivity contribution < 1.29 is 19.4 Å². The lowest BCUT2D eigenvalue weighted by molar-refractivity contribution is -0.140. The number of ether oxygens (including phenoxy) is 1. The first-order chi connectivity index (χ1) is 9.08. The van der Waals surface area contributed by atoms with E-state index < -0.39 is 12.1 Å². The lowest BCUT2D eigenvalue weighted by Crippen LogP contribution is -2.45. The van der Waals surface area contributed by atoms with Gasteiger partial charge in [0.25, 0.3) is 0 Å². The summed E-state index contributed by atoms with van der Waals surface area (Å²) in [5.74, 6) is -0.916. The fraction of sp³-hybridized carbons (Fsp3) is 0.846. The molecule has 0 bridgehead atoms. The normalized spacial score (nSPS) is 15.9. The molecule has 0 aromatic carbocycles. The fourth-order valence-electron chi connectivity index (χ4n) is 2.00. The molecule has 0 aromatic heterocycles. The van der Waals surface area contributed by atoms with Gasteiger partial charge in [-0.2, -0.15) is 0 Å². The molecule has 2 N–H and O–H groups in total. The summed E-state index contributed by atoms with van der Waals surface area (Å²) < 4.78 is 5.30. The van der Waals surface area contributed by atoms with Gasteiger partial charge >= 0.3 is 12.0 Å². The summed E-state index contributed by atoms with van der Waals surface area (Å²) >= 11 is 0. The molecule has 0 aromatic rings. The van der Waals surface area contributed by atoms with Gasteiger partial charge in [-0.3, -0.25) is 4.79 Å². The van der Waals surface area contributed by atoms with Crippen LogP contribution < -0.4 is 5.32 Å². The predicted molar refractivity (Wildman–Crippen MR) is 71.1 cm³/mol. The molecule has 1 aliphatic rings. The average Bonchev–Trinajstić information content (AvgIpc) is 3.16. The molecule has 6 nitrogen and oxygen atoms in total. The summed E-state index contributed by atoms with van der Waals surface area (Å²) in [4.78, 5) is 24.5. The largest absolute Gasteiger partial charge is 0.481 e. The molecule has 0 aliphatic heterocycles. The third kappa shape index (κ3) is 5.92. The van der Waals surface area contributed by atoms with Crippen molar-refractivity contribution in [3.8, 4) is 0 Å². The minimum atomic E-state index is -0.916. The topological polar surface area (TPSA) is 78.9 Å². The summed E-state index contributed by atoms with van der Waals surface area (Å²) in [6.45, 7) is 5.27. The first-order valence-electron chi connectivity index (χ1n) is 6.96. The van der Waals surface area contributed by atoms with Crippen molar-refractivity contribution in [2.45, 2.75) is 51.7 Å². The van der Waals surface area contributed by atoms with E-state index in [0.717, 1.165) is 25.8 Å². The number of amides is 2. The second kappa shape index (κ2) is 7.99. The van der Waals surface area contributed by atoms with Crippen molar-refractivity contribution in [3.63, 3.8) is 0 Å². The van der Waals surface area contributed by atoms with Crippen LogP contribution in [0.4, 0.5) is 4.79 Å². The van der Waals surface area contributed by atoms with E-state index in [-0.39, 0.29) is 19.0 Å². The third-order valence-corrected chi connectivity index (χ3v) is 3.00. The first-order valence-corrected chi connectivity index (χ1v) is 6.96. The molecule has 0 spiro atoms. The zero-order valence-electron chi connectivity index (χ0n) is 11.7. The number of urea groups is 1. The summed E-state index contributed by atoms with van der Waals surface area (Å²) in [6.07, 6.45) is 2.50. The lowest BCUT2D eigenvalue weighted by atomic mass is 10.2. The lowest BCUT2D eigenvalue weighted by Gasteiger charge is -2.24. The van der Waals surface area contributed by atoms with Crippen LogP contribution in [0, 0.1) is 0 Å². The van der Waals surface area contributed by atoms with Gasteiger partial charge in [0.1, 0.15) is 0 Å². The van der Waals surface area contributed by atoms with E-state index in [2.05, 4.69) is 5.32 Å². The molecule has 0 heterocycles. The first kappa shape index (κ1) is 15.8. The molecule has 1 fully saturated rings. The molecule has 0 saturated heterocycles. The minimum Gasteiger partial charge on any atom is -0.481 e. The number of carbonyl (C=O) groups is 2. The van der Waals surface area contributed by atoms with Gasteiger partial charge in [-0.25, -0.2) is 4.79 Å². The van der Waals surface area contributed by atoms with Crippen molar-refractivity contribution >= 4 is 12.0 Å². The second-order valence-electron chi connectivity index (χ2n) is 4.79. The summed E-state index contributed by atoms with van der Waals surface area (Å²) in [5.41, 5.74) is 0. The molecular weight excluding hydrogens is 248 g/mol. The molecular formula is C13H24N2O4. The molecule has 2 amide bonds. The van der Waals surface area contributed by atoms with Crippen molar-refractivity contribution in [3.05, 3.63) is 0 Å². The van der Waals surface area contributed by atoms with E-state index in [1.54, 1.807) is 0 Å². The van der Waals surface area contributed by atoms with E-state index in [0.29, 0.717) is 12.6 Å². The van der Waals surface area contributed by atoms with Crippen molar-refractivity contribution in [1.82, 2.24) is 10.2 Å². The van der Waals surface area contributed by atoms with Crippen LogP contribution in [-0.2, 0) is 9.53 Å². The maximum Gasteiger partial charge on any atom is 0.317 e. The molecule has 1 aliphatic carbocycles. The van der Waals surface area contributed by atoms with E-state index in [1.165, 1.54) is 0 Å². The van der Waals surface area contributed by atoms with Crippen molar-refractivity contribution in [1.29, 1.82) is 0 Å². The maximum atomic E-state index is 12.0. The van der Waals surface area contributed by atoms with Crippen molar-refractivity contribution in [2.24, 2.45) is 0 Å². The van der Waals surface area contributed by atoms with E-state index in [9.17, 15) is 9.59 Å². The number of nitrogens with zero attached hydrogens (tertiary/aromatic N) is 1. The number of carboxylic acid groups (broad SMARTS) is 1. The van der Waals surface area contributed by atoms with Crippen LogP contribution in [0.2, 0.25) is 0 Å². The van der Waals surface area contributed by atoms with Crippen LogP contribution in [0.3, 0.4) is 0 Å². The highest BCUT2D eigenvalue weighted by Gasteiger charge is 2.32. The zero-order valence-corrected chi connectivity index (χ0v) is 11.7. The van der Waals surface area contributed by atoms with Gasteiger partial charge in [0.05, 0.1) is 12.5 Å². The molecule has 6 heteroatoms. The third-order valence-electron chi connectivity index (χ3n) is 3.00. The smallest absolute Gasteiger partial charge is 0.317 e. The van der Waals surface area contributed by atoms with Gasteiger partial charge in [-0.1, -0.05) is 6.92 Å². The Morgan fingerprint density at radius 1 is 1.42 bits per heavy atom. The van der Waals surface area contributed by atoms with E-state index in [1.807, 2.05) is 18.7 Å². The number of nitrogens with one attached hydrogen (secondary N) is 1. The molecule has 110 valence electrons. The summed E-state index contributed by atoms with van der Waals surface area (Å²) in [7, 11) is 0. The Bertz CT molecular complexity index is 305.